The molecular formula is C19H20O2S. The fraction of sp³-hybridized carbons (Fsp3) is 0.632. The van der Waals surface area contributed by atoms with Crippen molar-refractivity contribution in [1.82, 2.24) is 0 Å². The second-order valence-corrected chi connectivity index (χ2v) is 9.33. The normalized spacial score (nSPS) is 54.8. The summed E-state index contributed by atoms with van der Waals surface area (Å²) in [6.07, 6.45) is 2.80. The van der Waals surface area contributed by atoms with Crippen LogP contribution in [0.5, 0.6) is 0 Å². The summed E-state index contributed by atoms with van der Waals surface area (Å²) in [4.78, 5) is 13.6. The zero-order chi connectivity index (χ0) is 14.6. The van der Waals surface area contributed by atoms with Crippen molar-refractivity contribution in [2.45, 2.75) is 23.0 Å². The van der Waals surface area contributed by atoms with Gasteiger partial charge in [0.25, 0.3) is 0 Å². The molecular weight excluding hydrogens is 292 g/mol. The third kappa shape index (κ3) is 1.16. The van der Waals surface area contributed by atoms with Crippen molar-refractivity contribution in [3.05, 3.63) is 30.3 Å². The van der Waals surface area contributed by atoms with Gasteiger partial charge in [-0.1, -0.05) is 18.2 Å². The first-order valence-electron chi connectivity index (χ1n) is 8.58. The Hall–Kier alpha value is -0.960. The number of ether oxygens (including phenoxy) is 1. The third-order valence-electron chi connectivity index (χ3n) is 7.68. The molecule has 6 aliphatic carbocycles. The molecule has 3 heteroatoms. The fourth-order valence-electron chi connectivity index (χ4n) is 7.19. The van der Waals surface area contributed by atoms with Gasteiger partial charge in [0.15, 0.2) is 0 Å². The molecule has 1 aromatic carbocycles. The van der Waals surface area contributed by atoms with Crippen LogP contribution in [-0.4, -0.2) is 18.3 Å². The molecule has 0 N–H and O–H groups in total. The van der Waals surface area contributed by atoms with Gasteiger partial charge in [0.1, 0.15) is 0 Å². The van der Waals surface area contributed by atoms with Crippen LogP contribution in [0.3, 0.4) is 0 Å². The van der Waals surface area contributed by atoms with Gasteiger partial charge in [-0.25, -0.2) is 0 Å². The molecule has 6 aliphatic rings. The van der Waals surface area contributed by atoms with E-state index in [2.05, 4.69) is 42.1 Å². The number of fused-ring (bicyclic) bond motifs is 2. The average Bonchev–Trinajstić information content (AvgIpc) is 3.05. The Morgan fingerprint density at radius 1 is 1.14 bits per heavy atom. The van der Waals surface area contributed by atoms with Gasteiger partial charge < -0.3 is 4.74 Å². The lowest BCUT2D eigenvalue weighted by molar-refractivity contribution is -0.145. The summed E-state index contributed by atoms with van der Waals surface area (Å²) in [6, 6.07) is 10.9. The summed E-state index contributed by atoms with van der Waals surface area (Å²) >= 11 is 2.09. The highest BCUT2D eigenvalue weighted by molar-refractivity contribution is 8.00. The summed E-state index contributed by atoms with van der Waals surface area (Å²) in [7, 11) is 1.57. The van der Waals surface area contributed by atoms with Crippen LogP contribution in [-0.2, 0) is 9.53 Å². The first-order valence-corrected chi connectivity index (χ1v) is 9.46. The molecule has 0 aliphatic heterocycles. The Labute approximate surface area is 135 Å². The number of esters is 1. The summed E-state index contributed by atoms with van der Waals surface area (Å²) in [5.74, 6) is 5.71. The monoisotopic (exact) mass is 312 g/mol. The lowest BCUT2D eigenvalue weighted by Gasteiger charge is -2.30. The van der Waals surface area contributed by atoms with E-state index in [1.165, 1.54) is 17.7 Å². The predicted octanol–water partition coefficient (Wildman–Crippen LogP) is 3.47. The molecule has 0 saturated heterocycles. The molecule has 0 amide bonds. The zero-order valence-electron chi connectivity index (χ0n) is 12.6. The first-order chi connectivity index (χ1) is 10.8. The summed E-state index contributed by atoms with van der Waals surface area (Å²) in [6.45, 7) is 0. The van der Waals surface area contributed by atoms with E-state index >= 15 is 0 Å². The maximum absolute atomic E-state index is 12.2. The highest BCUT2D eigenvalue weighted by Crippen LogP contribution is 2.98. The molecule has 1 aromatic rings. The molecule has 2 nitrogen and oxygen atoms in total. The van der Waals surface area contributed by atoms with E-state index in [0.29, 0.717) is 11.8 Å². The number of hydrogen-bond acceptors (Lipinski definition) is 3. The van der Waals surface area contributed by atoms with Gasteiger partial charge in [0.05, 0.1) is 12.5 Å². The van der Waals surface area contributed by atoms with Gasteiger partial charge in [-0.3, -0.25) is 4.79 Å². The van der Waals surface area contributed by atoms with Crippen molar-refractivity contribution >= 4 is 17.7 Å². The highest BCUT2D eigenvalue weighted by Gasteiger charge is 3.00. The minimum atomic E-state index is 0.0211. The third-order valence-corrected chi connectivity index (χ3v) is 9.07. The van der Waals surface area contributed by atoms with E-state index in [0.717, 1.165) is 34.8 Å². The van der Waals surface area contributed by atoms with Crippen LogP contribution in [0.4, 0.5) is 0 Å². The lowest BCUT2D eigenvalue weighted by Crippen LogP contribution is -2.27. The average molecular weight is 312 g/mol. The molecule has 0 aromatic heterocycles. The molecule has 0 heterocycles. The summed E-state index contributed by atoms with van der Waals surface area (Å²) in [5, 5.41) is 0.780. The second kappa shape index (κ2) is 3.75. The first kappa shape index (κ1) is 12.5. The van der Waals surface area contributed by atoms with Gasteiger partial charge in [-0.15, -0.1) is 11.8 Å². The van der Waals surface area contributed by atoms with Crippen molar-refractivity contribution in [2.75, 3.05) is 7.11 Å². The van der Waals surface area contributed by atoms with Crippen LogP contribution in [0, 0.1) is 46.8 Å². The molecule has 7 rings (SSSR count). The maximum atomic E-state index is 12.2. The van der Waals surface area contributed by atoms with Crippen LogP contribution < -0.4 is 0 Å². The molecule has 4 bridgehead atoms. The van der Waals surface area contributed by atoms with Crippen molar-refractivity contribution in [3.8, 4) is 0 Å². The molecule has 0 spiro atoms. The predicted molar refractivity (Wildman–Crippen MR) is 84.2 cm³/mol. The highest BCUT2D eigenvalue weighted by atomic mass is 32.2. The van der Waals surface area contributed by atoms with Crippen LogP contribution in [0.1, 0.15) is 12.8 Å². The smallest absolute Gasteiger partial charge is 0.312 e. The summed E-state index contributed by atoms with van der Waals surface area (Å²) in [5.41, 5.74) is 0.0211. The molecule has 6 fully saturated rings. The zero-order valence-corrected chi connectivity index (χ0v) is 13.5. The van der Waals surface area contributed by atoms with Crippen LogP contribution in [0.25, 0.3) is 0 Å². The van der Waals surface area contributed by atoms with Crippen LogP contribution >= 0.6 is 11.8 Å². The number of carbonyl (C=O) groups excluding carboxylic acids is 1. The van der Waals surface area contributed by atoms with Crippen molar-refractivity contribution in [2.24, 2.45) is 46.8 Å². The number of hydrogen-bond donors (Lipinski definition) is 0. The van der Waals surface area contributed by atoms with Gasteiger partial charge in [0.2, 0.25) is 0 Å². The van der Waals surface area contributed by atoms with Crippen LogP contribution in [0.2, 0.25) is 0 Å². The Morgan fingerprint density at radius 2 is 1.91 bits per heavy atom. The molecule has 9 atom stereocenters. The second-order valence-electron chi connectivity index (χ2n) is 8.02. The van der Waals surface area contributed by atoms with Crippen molar-refractivity contribution in [3.63, 3.8) is 0 Å². The van der Waals surface area contributed by atoms with Gasteiger partial charge in [-0.05, 0) is 66.4 Å². The molecule has 1 unspecified atom stereocenters. The number of thioether (sulfide) groups is 1. The Kier molecular flexibility index (Phi) is 2.12. The number of rotatable bonds is 3. The molecule has 22 heavy (non-hydrogen) atoms. The maximum Gasteiger partial charge on any atom is 0.312 e. The topological polar surface area (TPSA) is 26.3 Å². The Bertz CT molecular complexity index is 673. The van der Waals surface area contributed by atoms with E-state index in [-0.39, 0.29) is 11.4 Å². The Morgan fingerprint density at radius 3 is 2.68 bits per heavy atom. The standard InChI is InChI=1S/C19H20O2S/c1-21-18(20)19-15-13-9-7-11(14(13)16(19)17(15)19)12(8-9)22-10-5-3-2-4-6-10/h2-6,9,11-17H,7-8H2,1H3/t9-,11+,12+,13+,14-,15-,16+,17?,19-/m0/s1. The number of carbonyl (C=O) groups is 1. The van der Waals surface area contributed by atoms with E-state index < -0.39 is 0 Å². The van der Waals surface area contributed by atoms with Crippen molar-refractivity contribution < 1.29 is 9.53 Å². The fourth-order valence-corrected chi connectivity index (χ4v) is 8.67. The molecule has 0 radical (unpaired) electrons. The summed E-state index contributed by atoms with van der Waals surface area (Å²) < 4.78 is 5.13. The Balaban J connectivity index is 1.26. The lowest BCUT2D eigenvalue weighted by atomic mass is 9.81. The quantitative estimate of drug-likeness (QED) is 0.800. The SMILES string of the molecule is COC(=O)[C@@]12C3[C@@H]1[C@@H]1[C@H]4C[C@@H]([C@@H]1[C@H]32)[C@H](Sc1ccccc1)C4. The van der Waals surface area contributed by atoms with Crippen LogP contribution in [0.15, 0.2) is 35.2 Å². The van der Waals surface area contributed by atoms with Gasteiger partial charge >= 0.3 is 5.97 Å². The van der Waals surface area contributed by atoms with E-state index in [9.17, 15) is 4.79 Å². The molecule has 114 valence electrons. The van der Waals surface area contributed by atoms with E-state index in [4.69, 9.17) is 4.74 Å². The van der Waals surface area contributed by atoms with Crippen molar-refractivity contribution in [1.29, 1.82) is 0 Å². The van der Waals surface area contributed by atoms with E-state index in [1.54, 1.807) is 7.11 Å². The van der Waals surface area contributed by atoms with Gasteiger partial charge in [-0.2, -0.15) is 0 Å². The molecule has 6 saturated carbocycles. The van der Waals surface area contributed by atoms with E-state index in [1.807, 2.05) is 0 Å². The van der Waals surface area contributed by atoms with Gasteiger partial charge in [0, 0.05) is 10.1 Å². The minimum Gasteiger partial charge on any atom is -0.469 e. The largest absolute Gasteiger partial charge is 0.469 e. The minimum absolute atomic E-state index is 0.0211. The number of benzene rings is 1. The number of methoxy groups -OCH3 is 1.